The Kier molecular flexibility index (Phi) is 13.9. The molecule has 0 bridgehead atoms. The van der Waals surface area contributed by atoms with Crippen molar-refractivity contribution in [3.05, 3.63) is 0 Å². The van der Waals surface area contributed by atoms with Gasteiger partial charge in [0, 0.05) is 0 Å². The number of carbonyl (C=O) groups is 2. The molecule has 0 N–H and O–H groups in total. The van der Waals surface area contributed by atoms with Crippen molar-refractivity contribution in [3.8, 4) is 0 Å². The first-order valence-corrected chi connectivity index (χ1v) is 9.32. The van der Waals surface area contributed by atoms with Gasteiger partial charge in [-0.25, -0.2) is 0 Å². The lowest BCUT2D eigenvalue weighted by Crippen LogP contribution is -2.20. The van der Waals surface area contributed by atoms with Gasteiger partial charge in [-0.2, -0.15) is 0 Å². The summed E-state index contributed by atoms with van der Waals surface area (Å²) >= 11 is 0. The smallest absolute Gasteiger partial charge is 0.306 e. The fourth-order valence-corrected chi connectivity index (χ4v) is 2.10. The Morgan fingerprint density at radius 1 is 0.783 bits per heavy atom. The fourth-order valence-electron chi connectivity index (χ4n) is 2.10. The molecule has 0 aliphatic carbocycles. The van der Waals surface area contributed by atoms with Crippen molar-refractivity contribution in [2.45, 2.75) is 98.0 Å². The Labute approximate surface area is 142 Å². The lowest BCUT2D eigenvalue weighted by atomic mass is 10.1. The summed E-state index contributed by atoms with van der Waals surface area (Å²) in [5.41, 5.74) is 0. The number of rotatable bonds is 14. The lowest BCUT2D eigenvalue weighted by Gasteiger charge is -2.16. The van der Waals surface area contributed by atoms with Crippen LogP contribution >= 0.6 is 0 Å². The number of hydrogen-bond donors (Lipinski definition) is 0. The van der Waals surface area contributed by atoms with Gasteiger partial charge in [0.05, 0.1) is 19.4 Å². The predicted octanol–water partition coefficient (Wildman–Crippen LogP) is 5.04. The van der Waals surface area contributed by atoms with Crippen molar-refractivity contribution >= 4 is 11.9 Å². The van der Waals surface area contributed by atoms with Gasteiger partial charge in [0.25, 0.3) is 0 Å². The molecule has 0 aliphatic rings. The van der Waals surface area contributed by atoms with Crippen molar-refractivity contribution in [1.29, 1.82) is 0 Å². The summed E-state index contributed by atoms with van der Waals surface area (Å²) in [7, 11) is 0. The SMILES string of the molecule is CCCCCCCCCCOC(=O)CCC(=O)OC(C)C(C)C. The molecular weight excluding hydrogens is 292 g/mol. The minimum atomic E-state index is -0.324. The molecule has 0 aromatic carbocycles. The first-order chi connectivity index (χ1) is 11.0. The third-order valence-electron chi connectivity index (χ3n) is 4.05. The molecule has 0 saturated heterocycles. The second-order valence-corrected chi connectivity index (χ2v) is 6.63. The molecular formula is C19H36O4. The van der Waals surface area contributed by atoms with Gasteiger partial charge < -0.3 is 9.47 Å². The van der Waals surface area contributed by atoms with E-state index >= 15 is 0 Å². The molecule has 0 amide bonds. The van der Waals surface area contributed by atoms with Crippen LogP contribution in [0.5, 0.6) is 0 Å². The van der Waals surface area contributed by atoms with Crippen LogP contribution < -0.4 is 0 Å². The molecule has 0 aliphatic heterocycles. The molecule has 0 spiro atoms. The normalized spacial score (nSPS) is 12.2. The Morgan fingerprint density at radius 3 is 1.87 bits per heavy atom. The second-order valence-electron chi connectivity index (χ2n) is 6.63. The standard InChI is InChI=1S/C19H36O4/c1-5-6-7-8-9-10-11-12-15-22-18(20)13-14-19(21)23-17(4)16(2)3/h16-17H,5-15H2,1-4H3. The van der Waals surface area contributed by atoms with E-state index in [1.807, 2.05) is 20.8 Å². The molecule has 23 heavy (non-hydrogen) atoms. The van der Waals surface area contributed by atoms with E-state index in [2.05, 4.69) is 6.92 Å². The van der Waals surface area contributed by atoms with Gasteiger partial charge in [-0.3, -0.25) is 9.59 Å². The van der Waals surface area contributed by atoms with Crippen LogP contribution in [0.4, 0.5) is 0 Å². The highest BCUT2D eigenvalue weighted by molar-refractivity contribution is 5.77. The minimum Gasteiger partial charge on any atom is -0.466 e. The van der Waals surface area contributed by atoms with Crippen LogP contribution in [0.15, 0.2) is 0 Å². The van der Waals surface area contributed by atoms with Crippen molar-refractivity contribution in [2.24, 2.45) is 5.92 Å². The Bertz CT molecular complexity index is 312. The maximum Gasteiger partial charge on any atom is 0.306 e. The van der Waals surface area contributed by atoms with E-state index in [-0.39, 0.29) is 36.8 Å². The number of esters is 2. The van der Waals surface area contributed by atoms with Crippen molar-refractivity contribution in [3.63, 3.8) is 0 Å². The van der Waals surface area contributed by atoms with Crippen LogP contribution in [0.3, 0.4) is 0 Å². The van der Waals surface area contributed by atoms with Crippen LogP contribution in [0.2, 0.25) is 0 Å². The maximum atomic E-state index is 11.6. The summed E-state index contributed by atoms with van der Waals surface area (Å²) in [6, 6.07) is 0. The second kappa shape index (κ2) is 14.5. The van der Waals surface area contributed by atoms with Crippen LogP contribution in [0, 0.1) is 5.92 Å². The summed E-state index contributed by atoms with van der Waals surface area (Å²) < 4.78 is 10.4. The molecule has 0 fully saturated rings. The molecule has 1 unspecified atom stereocenters. The van der Waals surface area contributed by atoms with E-state index in [0.717, 1.165) is 12.8 Å². The highest BCUT2D eigenvalue weighted by Crippen LogP contribution is 2.09. The number of hydrogen-bond acceptors (Lipinski definition) is 4. The topological polar surface area (TPSA) is 52.6 Å². The van der Waals surface area contributed by atoms with Crippen LogP contribution in [0.1, 0.15) is 91.9 Å². The van der Waals surface area contributed by atoms with Gasteiger partial charge >= 0.3 is 11.9 Å². The Hall–Kier alpha value is -1.06. The van der Waals surface area contributed by atoms with Crippen molar-refractivity contribution in [1.82, 2.24) is 0 Å². The van der Waals surface area contributed by atoms with E-state index in [1.54, 1.807) is 0 Å². The van der Waals surface area contributed by atoms with Crippen molar-refractivity contribution in [2.75, 3.05) is 6.61 Å². The molecule has 1 atom stereocenters. The summed E-state index contributed by atoms with van der Waals surface area (Å²) in [4.78, 5) is 23.1. The zero-order valence-electron chi connectivity index (χ0n) is 15.6. The van der Waals surface area contributed by atoms with E-state index in [9.17, 15) is 9.59 Å². The highest BCUT2D eigenvalue weighted by Gasteiger charge is 2.14. The molecule has 0 saturated carbocycles. The molecule has 0 aromatic heterocycles. The molecule has 0 heterocycles. The van der Waals surface area contributed by atoms with Crippen LogP contribution in [-0.2, 0) is 19.1 Å². The summed E-state index contributed by atoms with van der Waals surface area (Å²) in [6.45, 7) is 8.54. The third kappa shape index (κ3) is 14.3. The van der Waals surface area contributed by atoms with Gasteiger partial charge in [0.15, 0.2) is 0 Å². The van der Waals surface area contributed by atoms with Gasteiger partial charge in [-0.05, 0) is 19.3 Å². The van der Waals surface area contributed by atoms with Gasteiger partial charge in [-0.1, -0.05) is 65.7 Å². The number of unbranched alkanes of at least 4 members (excludes halogenated alkanes) is 7. The highest BCUT2D eigenvalue weighted by atomic mass is 16.5. The third-order valence-corrected chi connectivity index (χ3v) is 4.05. The van der Waals surface area contributed by atoms with Gasteiger partial charge in [0.1, 0.15) is 6.10 Å². The molecule has 4 nitrogen and oxygen atoms in total. The van der Waals surface area contributed by atoms with Crippen molar-refractivity contribution < 1.29 is 19.1 Å². The van der Waals surface area contributed by atoms with Gasteiger partial charge in [0.2, 0.25) is 0 Å². The van der Waals surface area contributed by atoms with E-state index in [4.69, 9.17) is 9.47 Å². The molecule has 0 radical (unpaired) electrons. The van der Waals surface area contributed by atoms with E-state index < -0.39 is 0 Å². The van der Waals surface area contributed by atoms with E-state index in [0.29, 0.717) is 6.61 Å². The zero-order valence-corrected chi connectivity index (χ0v) is 15.6. The Balaban J connectivity index is 3.45. The fraction of sp³-hybridized carbons (Fsp3) is 0.895. The van der Waals surface area contributed by atoms with Crippen LogP contribution in [0.25, 0.3) is 0 Å². The molecule has 136 valence electrons. The molecule has 4 heteroatoms. The summed E-state index contributed by atoms with van der Waals surface area (Å²) in [5, 5.41) is 0. The average Bonchev–Trinajstić information content (AvgIpc) is 2.51. The maximum absolute atomic E-state index is 11.6. The van der Waals surface area contributed by atoms with E-state index in [1.165, 1.54) is 38.5 Å². The largest absolute Gasteiger partial charge is 0.466 e. The number of carbonyl (C=O) groups excluding carboxylic acids is 2. The quantitative estimate of drug-likeness (QED) is 0.331. The Morgan fingerprint density at radius 2 is 1.30 bits per heavy atom. The number of ether oxygens (including phenoxy) is 2. The lowest BCUT2D eigenvalue weighted by molar-refractivity contribution is -0.154. The first-order valence-electron chi connectivity index (χ1n) is 9.32. The van der Waals surface area contributed by atoms with Crippen LogP contribution in [-0.4, -0.2) is 24.6 Å². The predicted molar refractivity (Wildman–Crippen MR) is 93.2 cm³/mol. The minimum absolute atomic E-state index is 0.104. The summed E-state index contributed by atoms with van der Waals surface area (Å²) in [6.07, 6.45) is 9.84. The summed E-state index contributed by atoms with van der Waals surface area (Å²) in [5.74, 6) is -0.342. The first kappa shape index (κ1) is 21.9. The zero-order chi connectivity index (χ0) is 17.5. The molecule has 0 rings (SSSR count). The van der Waals surface area contributed by atoms with Gasteiger partial charge in [-0.15, -0.1) is 0 Å². The average molecular weight is 328 g/mol. The molecule has 0 aromatic rings. The monoisotopic (exact) mass is 328 g/mol.